The van der Waals surface area contributed by atoms with Crippen LogP contribution in [0.5, 0.6) is 0 Å². The monoisotopic (exact) mass is 307 g/mol. The fourth-order valence-corrected chi connectivity index (χ4v) is 1.53. The molecule has 1 aromatic heterocycles. The van der Waals surface area contributed by atoms with Crippen LogP contribution in [0, 0.1) is 6.92 Å². The van der Waals surface area contributed by atoms with E-state index in [2.05, 4.69) is 25.4 Å². The maximum absolute atomic E-state index is 11.9. The van der Waals surface area contributed by atoms with Gasteiger partial charge in [-0.25, -0.2) is 15.8 Å². The molecular formula is C12H20F3N5O. The molecule has 0 saturated heterocycles. The summed E-state index contributed by atoms with van der Waals surface area (Å²) < 4.78 is 40.3. The smallest absolute Gasteiger partial charge is 0.370 e. The van der Waals surface area contributed by atoms with Gasteiger partial charge < -0.3 is 15.5 Å². The highest BCUT2D eigenvalue weighted by Gasteiger charge is 2.27. The third kappa shape index (κ3) is 5.72. The van der Waals surface area contributed by atoms with Crippen molar-refractivity contribution >= 4 is 11.6 Å². The van der Waals surface area contributed by atoms with Crippen molar-refractivity contribution in [2.75, 3.05) is 30.5 Å². The van der Waals surface area contributed by atoms with Gasteiger partial charge in [-0.05, 0) is 6.92 Å². The Morgan fingerprint density at radius 2 is 1.86 bits per heavy atom. The normalized spacial score (nSPS) is 11.8. The Bertz CT molecular complexity index is 465. The van der Waals surface area contributed by atoms with Gasteiger partial charge >= 0.3 is 6.18 Å². The van der Waals surface area contributed by atoms with Crippen molar-refractivity contribution in [1.82, 2.24) is 9.97 Å². The number of hydrazine groups is 1. The lowest BCUT2D eigenvalue weighted by Crippen LogP contribution is -2.21. The number of alkyl halides is 3. The summed E-state index contributed by atoms with van der Waals surface area (Å²) >= 11 is 0. The van der Waals surface area contributed by atoms with Gasteiger partial charge in [0.2, 0.25) is 0 Å². The molecule has 0 radical (unpaired) electrons. The van der Waals surface area contributed by atoms with Crippen LogP contribution in [-0.4, -0.2) is 35.9 Å². The molecule has 0 aliphatic heterocycles. The zero-order valence-corrected chi connectivity index (χ0v) is 12.2. The first kappa shape index (κ1) is 17.4. The Hall–Kier alpha value is -1.61. The average Bonchev–Trinajstić information content (AvgIpc) is 2.38. The van der Waals surface area contributed by atoms with E-state index in [-0.39, 0.29) is 19.1 Å². The summed E-state index contributed by atoms with van der Waals surface area (Å²) in [6.07, 6.45) is -4.31. The molecule has 1 heterocycles. The molecule has 0 unspecified atom stereocenters. The predicted molar refractivity (Wildman–Crippen MR) is 74.0 cm³/mol. The number of halogens is 3. The van der Waals surface area contributed by atoms with Crippen molar-refractivity contribution in [3.8, 4) is 0 Å². The lowest BCUT2D eigenvalue weighted by atomic mass is 10.2. The first-order valence-corrected chi connectivity index (χ1v) is 6.48. The van der Waals surface area contributed by atoms with Crippen molar-refractivity contribution in [3.63, 3.8) is 0 Å². The Morgan fingerprint density at radius 1 is 1.24 bits per heavy atom. The number of aromatic nitrogens is 2. The molecular weight excluding hydrogens is 287 g/mol. The van der Waals surface area contributed by atoms with E-state index >= 15 is 0 Å². The number of hydrogen-bond donors (Lipinski definition) is 3. The zero-order valence-electron chi connectivity index (χ0n) is 12.2. The second kappa shape index (κ2) is 7.41. The van der Waals surface area contributed by atoms with Crippen LogP contribution in [-0.2, 0) is 4.74 Å². The highest BCUT2D eigenvalue weighted by Crippen LogP contribution is 2.22. The summed E-state index contributed by atoms with van der Waals surface area (Å²) in [6.45, 7) is 4.49. The molecule has 0 bridgehead atoms. The van der Waals surface area contributed by atoms with Crippen LogP contribution < -0.4 is 16.6 Å². The number of nitrogens with one attached hydrogen (secondary N) is 2. The van der Waals surface area contributed by atoms with E-state index in [4.69, 9.17) is 5.84 Å². The predicted octanol–water partition coefficient (Wildman–Crippen LogP) is 2.18. The number of anilines is 2. The van der Waals surface area contributed by atoms with Gasteiger partial charge in [0.25, 0.3) is 0 Å². The van der Waals surface area contributed by atoms with Crippen molar-refractivity contribution in [2.45, 2.75) is 32.9 Å². The molecule has 1 aromatic rings. The first-order valence-electron chi connectivity index (χ1n) is 6.48. The van der Waals surface area contributed by atoms with E-state index in [9.17, 15) is 13.2 Å². The Balaban J connectivity index is 2.63. The summed E-state index contributed by atoms with van der Waals surface area (Å²) in [5.74, 6) is 7.09. The van der Waals surface area contributed by atoms with Crippen molar-refractivity contribution in [3.05, 3.63) is 11.4 Å². The minimum atomic E-state index is -4.31. The standard InChI is InChI=1S/C12H20F3N5O/c1-7(2)9-18-10(8(3)11(19-9)20-16)17-4-5-21-6-12(13,14)15/h7H,4-6,16H2,1-3H3,(H2,17,18,19,20). The van der Waals surface area contributed by atoms with Gasteiger partial charge in [0, 0.05) is 18.0 Å². The summed E-state index contributed by atoms with van der Waals surface area (Å²) in [5.41, 5.74) is 3.17. The van der Waals surface area contributed by atoms with Gasteiger partial charge in [-0.1, -0.05) is 13.8 Å². The van der Waals surface area contributed by atoms with Crippen molar-refractivity contribution in [2.24, 2.45) is 5.84 Å². The third-order valence-electron chi connectivity index (χ3n) is 2.62. The summed E-state index contributed by atoms with van der Waals surface area (Å²) in [6, 6.07) is 0. The molecule has 0 aliphatic carbocycles. The van der Waals surface area contributed by atoms with Crippen molar-refractivity contribution in [1.29, 1.82) is 0 Å². The molecule has 0 amide bonds. The Labute approximate surface area is 121 Å². The van der Waals surface area contributed by atoms with Crippen LogP contribution >= 0.6 is 0 Å². The summed E-state index contributed by atoms with van der Waals surface area (Å²) in [7, 11) is 0. The molecule has 0 aliphatic rings. The molecule has 4 N–H and O–H groups in total. The fourth-order valence-electron chi connectivity index (χ4n) is 1.53. The first-order chi connectivity index (χ1) is 9.74. The van der Waals surface area contributed by atoms with E-state index in [0.717, 1.165) is 0 Å². The maximum Gasteiger partial charge on any atom is 0.411 e. The van der Waals surface area contributed by atoms with Crippen LogP contribution in [0.2, 0.25) is 0 Å². The SMILES string of the molecule is Cc1c(NN)nc(C(C)C)nc1NCCOCC(F)(F)F. The van der Waals surface area contributed by atoms with E-state index in [0.29, 0.717) is 23.0 Å². The number of rotatable bonds is 7. The topological polar surface area (TPSA) is 85.1 Å². The molecule has 120 valence electrons. The average molecular weight is 307 g/mol. The maximum atomic E-state index is 11.9. The van der Waals surface area contributed by atoms with Crippen LogP contribution in [0.1, 0.15) is 31.2 Å². The highest BCUT2D eigenvalue weighted by atomic mass is 19.4. The number of nitrogens with two attached hydrogens (primary N) is 1. The molecule has 0 spiro atoms. The zero-order chi connectivity index (χ0) is 16.0. The van der Waals surface area contributed by atoms with Gasteiger partial charge in [0.05, 0.1) is 6.61 Å². The van der Waals surface area contributed by atoms with E-state index in [1.165, 1.54) is 0 Å². The van der Waals surface area contributed by atoms with E-state index in [1.54, 1.807) is 6.92 Å². The van der Waals surface area contributed by atoms with Gasteiger partial charge in [-0.3, -0.25) is 0 Å². The minimum absolute atomic E-state index is 0.0780. The van der Waals surface area contributed by atoms with E-state index in [1.807, 2.05) is 13.8 Å². The Kier molecular flexibility index (Phi) is 6.16. The quantitative estimate of drug-likeness (QED) is 0.407. The third-order valence-corrected chi connectivity index (χ3v) is 2.62. The molecule has 9 heteroatoms. The highest BCUT2D eigenvalue weighted by molar-refractivity contribution is 5.56. The van der Waals surface area contributed by atoms with Crippen LogP contribution in [0.15, 0.2) is 0 Å². The lowest BCUT2D eigenvalue weighted by Gasteiger charge is -2.15. The van der Waals surface area contributed by atoms with Crippen molar-refractivity contribution < 1.29 is 17.9 Å². The fraction of sp³-hybridized carbons (Fsp3) is 0.667. The summed E-state index contributed by atoms with van der Waals surface area (Å²) in [5, 5.41) is 2.93. The molecule has 1 rings (SSSR count). The lowest BCUT2D eigenvalue weighted by molar-refractivity contribution is -0.172. The van der Waals surface area contributed by atoms with Crippen LogP contribution in [0.4, 0.5) is 24.8 Å². The number of nitrogen functional groups attached to an aromatic ring is 1. The van der Waals surface area contributed by atoms with Gasteiger partial charge in [-0.15, -0.1) is 0 Å². The van der Waals surface area contributed by atoms with E-state index < -0.39 is 12.8 Å². The van der Waals surface area contributed by atoms with Crippen LogP contribution in [0.25, 0.3) is 0 Å². The molecule has 0 atom stereocenters. The van der Waals surface area contributed by atoms with Crippen LogP contribution in [0.3, 0.4) is 0 Å². The second-order valence-corrected chi connectivity index (χ2v) is 4.80. The largest absolute Gasteiger partial charge is 0.411 e. The van der Waals surface area contributed by atoms with Gasteiger partial charge in [-0.2, -0.15) is 13.2 Å². The summed E-state index contributed by atoms with van der Waals surface area (Å²) in [4.78, 5) is 8.59. The number of nitrogens with zero attached hydrogens (tertiary/aromatic N) is 2. The van der Waals surface area contributed by atoms with Gasteiger partial charge in [0.1, 0.15) is 24.1 Å². The molecule has 21 heavy (non-hydrogen) atoms. The Morgan fingerprint density at radius 3 is 2.38 bits per heavy atom. The molecule has 6 nitrogen and oxygen atoms in total. The minimum Gasteiger partial charge on any atom is -0.370 e. The van der Waals surface area contributed by atoms with Gasteiger partial charge in [0.15, 0.2) is 0 Å². The molecule has 0 saturated carbocycles. The second-order valence-electron chi connectivity index (χ2n) is 4.80. The number of ether oxygens (including phenoxy) is 1. The molecule has 0 fully saturated rings. The number of hydrogen-bond acceptors (Lipinski definition) is 6. The molecule has 0 aromatic carbocycles.